The van der Waals surface area contributed by atoms with Gasteiger partial charge in [0.2, 0.25) is 0 Å². The number of benzene rings is 1. The summed E-state index contributed by atoms with van der Waals surface area (Å²) in [5.74, 6) is 0.529. The molecule has 2 amide bonds. The minimum absolute atomic E-state index is 0.0804. The van der Waals surface area contributed by atoms with Gasteiger partial charge in [0.25, 0.3) is 10.0 Å². The molecule has 1 fully saturated rings. The lowest BCUT2D eigenvalue weighted by atomic mass is 10.0. The van der Waals surface area contributed by atoms with Crippen LogP contribution < -0.4 is 10.6 Å². The van der Waals surface area contributed by atoms with Crippen LogP contribution in [0.3, 0.4) is 0 Å². The third-order valence-electron chi connectivity index (χ3n) is 5.30. The van der Waals surface area contributed by atoms with Crippen LogP contribution in [0.1, 0.15) is 45.6 Å². The first-order valence-corrected chi connectivity index (χ1v) is 11.2. The van der Waals surface area contributed by atoms with Gasteiger partial charge in [-0.2, -0.15) is 8.42 Å². The first kappa shape index (κ1) is 20.4. The molecule has 3 rings (SSSR count). The Morgan fingerprint density at radius 1 is 1.25 bits per heavy atom. The SMILES string of the molecule is CC[C@H](C)NC(=O)NC1CCN(C2=NS(=O)(=O)C(c3ccccc3)=C2C)CC1. The summed E-state index contributed by atoms with van der Waals surface area (Å²) < 4.78 is 29.3. The number of sulfonamides is 1. The molecule has 7 nitrogen and oxygen atoms in total. The predicted octanol–water partition coefficient (Wildman–Crippen LogP) is 2.72. The lowest BCUT2D eigenvalue weighted by molar-refractivity contribution is 0.223. The smallest absolute Gasteiger partial charge is 0.315 e. The van der Waals surface area contributed by atoms with E-state index in [-0.39, 0.29) is 23.0 Å². The normalized spacial score (nSPS) is 20.7. The van der Waals surface area contributed by atoms with Crippen LogP contribution in [0.2, 0.25) is 0 Å². The summed E-state index contributed by atoms with van der Waals surface area (Å²) in [6, 6.07) is 9.17. The average molecular weight is 405 g/mol. The van der Waals surface area contributed by atoms with Crippen LogP contribution in [-0.4, -0.2) is 50.4 Å². The Labute approximate surface area is 167 Å². The molecule has 2 N–H and O–H groups in total. The van der Waals surface area contributed by atoms with Gasteiger partial charge >= 0.3 is 6.03 Å². The van der Waals surface area contributed by atoms with Crippen LogP contribution in [0.15, 0.2) is 40.3 Å². The summed E-state index contributed by atoms with van der Waals surface area (Å²) in [4.78, 5) is 14.3. The quantitative estimate of drug-likeness (QED) is 0.807. The van der Waals surface area contributed by atoms with E-state index in [1.165, 1.54) is 0 Å². The molecule has 0 aliphatic carbocycles. The number of piperidine rings is 1. The highest BCUT2D eigenvalue weighted by Crippen LogP contribution is 2.34. The molecule has 0 aromatic heterocycles. The number of nitrogens with one attached hydrogen (secondary N) is 2. The van der Waals surface area contributed by atoms with Gasteiger partial charge in [-0.1, -0.05) is 37.3 Å². The molecule has 1 saturated heterocycles. The molecule has 0 saturated carbocycles. The zero-order chi connectivity index (χ0) is 20.3. The summed E-state index contributed by atoms with van der Waals surface area (Å²) >= 11 is 0. The van der Waals surface area contributed by atoms with Crippen LogP contribution in [-0.2, 0) is 10.0 Å². The van der Waals surface area contributed by atoms with Crippen molar-refractivity contribution in [1.82, 2.24) is 15.5 Å². The number of rotatable bonds is 4. The van der Waals surface area contributed by atoms with Gasteiger partial charge in [-0.15, -0.1) is 4.40 Å². The van der Waals surface area contributed by atoms with Gasteiger partial charge in [0.05, 0.1) is 0 Å². The maximum Gasteiger partial charge on any atom is 0.315 e. The molecule has 0 bridgehead atoms. The van der Waals surface area contributed by atoms with E-state index in [1.54, 1.807) is 12.1 Å². The van der Waals surface area contributed by atoms with Crippen molar-refractivity contribution in [3.63, 3.8) is 0 Å². The van der Waals surface area contributed by atoms with Crippen molar-refractivity contribution in [3.8, 4) is 0 Å². The molecule has 8 heteroatoms. The molecule has 28 heavy (non-hydrogen) atoms. The molecule has 1 atom stereocenters. The molecule has 0 radical (unpaired) electrons. The first-order chi connectivity index (χ1) is 13.3. The minimum Gasteiger partial charge on any atom is -0.356 e. The standard InChI is InChI=1S/C20H28N4O3S/c1-4-14(2)21-20(25)22-17-10-12-24(13-11-17)19-15(3)18(28(26,27)23-19)16-8-6-5-7-9-16/h5-9,14,17H,4,10-13H2,1-3H3,(H2,21,22,25)/t14-/m0/s1. The highest BCUT2D eigenvalue weighted by atomic mass is 32.2. The Morgan fingerprint density at radius 3 is 2.50 bits per heavy atom. The Morgan fingerprint density at radius 2 is 1.89 bits per heavy atom. The lowest BCUT2D eigenvalue weighted by Gasteiger charge is -2.34. The van der Waals surface area contributed by atoms with E-state index < -0.39 is 10.0 Å². The van der Waals surface area contributed by atoms with Crippen LogP contribution in [0.5, 0.6) is 0 Å². The van der Waals surface area contributed by atoms with Crippen molar-refractivity contribution < 1.29 is 13.2 Å². The fourth-order valence-corrected chi connectivity index (χ4v) is 5.04. The maximum absolute atomic E-state index is 12.6. The Balaban J connectivity index is 1.66. The number of carbonyl (C=O) groups excluding carboxylic acids is 1. The van der Waals surface area contributed by atoms with Crippen molar-refractivity contribution in [2.45, 2.75) is 52.1 Å². The number of urea groups is 1. The Kier molecular flexibility index (Phi) is 6.07. The number of amidine groups is 1. The van der Waals surface area contributed by atoms with Crippen molar-refractivity contribution in [2.24, 2.45) is 4.40 Å². The number of hydrogen-bond donors (Lipinski definition) is 2. The third-order valence-corrected chi connectivity index (χ3v) is 6.77. The van der Waals surface area contributed by atoms with E-state index >= 15 is 0 Å². The summed E-state index contributed by atoms with van der Waals surface area (Å²) in [6.07, 6.45) is 2.39. The monoisotopic (exact) mass is 404 g/mol. The van der Waals surface area contributed by atoms with Gasteiger partial charge in [-0.05, 0) is 38.7 Å². The second-order valence-corrected chi connectivity index (χ2v) is 8.94. The Bertz CT molecular complexity index is 885. The second-order valence-electron chi connectivity index (χ2n) is 7.40. The molecule has 1 aromatic rings. The zero-order valence-corrected chi connectivity index (χ0v) is 17.4. The molecule has 0 spiro atoms. The number of carbonyl (C=O) groups is 1. The van der Waals surface area contributed by atoms with Gasteiger partial charge in [-0.3, -0.25) is 0 Å². The van der Waals surface area contributed by atoms with Gasteiger partial charge in [0, 0.05) is 30.7 Å². The fourth-order valence-electron chi connectivity index (χ4n) is 3.56. The van der Waals surface area contributed by atoms with E-state index in [0.717, 1.165) is 19.3 Å². The van der Waals surface area contributed by atoms with Crippen molar-refractivity contribution in [3.05, 3.63) is 41.5 Å². The average Bonchev–Trinajstić information content (AvgIpc) is 2.91. The molecule has 2 aliphatic rings. The number of amides is 2. The van der Waals surface area contributed by atoms with Crippen LogP contribution in [0.25, 0.3) is 4.91 Å². The third kappa shape index (κ3) is 4.38. The van der Waals surface area contributed by atoms with E-state index in [9.17, 15) is 13.2 Å². The topological polar surface area (TPSA) is 90.9 Å². The molecule has 0 unspecified atom stereocenters. The highest BCUT2D eigenvalue weighted by molar-refractivity contribution is 8.00. The largest absolute Gasteiger partial charge is 0.356 e. The first-order valence-electron chi connectivity index (χ1n) is 9.75. The fraction of sp³-hybridized carbons (Fsp3) is 0.500. The maximum atomic E-state index is 12.6. The van der Waals surface area contributed by atoms with Crippen molar-refractivity contribution in [1.29, 1.82) is 0 Å². The minimum atomic E-state index is -3.69. The summed E-state index contributed by atoms with van der Waals surface area (Å²) in [5.41, 5.74) is 1.35. The second kappa shape index (κ2) is 8.34. The molecule has 2 aliphatic heterocycles. The molecule has 1 aromatic carbocycles. The van der Waals surface area contributed by atoms with E-state index in [0.29, 0.717) is 30.1 Å². The molecular formula is C20H28N4O3S. The van der Waals surface area contributed by atoms with E-state index in [1.807, 2.05) is 43.9 Å². The van der Waals surface area contributed by atoms with Gasteiger partial charge < -0.3 is 15.5 Å². The van der Waals surface area contributed by atoms with Crippen LogP contribution in [0, 0.1) is 0 Å². The molecule has 152 valence electrons. The van der Waals surface area contributed by atoms with Gasteiger partial charge in [-0.25, -0.2) is 4.79 Å². The summed E-state index contributed by atoms with van der Waals surface area (Å²) in [5, 5.41) is 5.92. The lowest BCUT2D eigenvalue weighted by Crippen LogP contribution is -2.50. The summed E-state index contributed by atoms with van der Waals surface area (Å²) in [7, 11) is -3.69. The van der Waals surface area contributed by atoms with Crippen LogP contribution in [0.4, 0.5) is 4.79 Å². The predicted molar refractivity (Wildman–Crippen MR) is 111 cm³/mol. The number of nitrogens with zero attached hydrogens (tertiary/aromatic N) is 2. The zero-order valence-electron chi connectivity index (χ0n) is 16.6. The van der Waals surface area contributed by atoms with Crippen molar-refractivity contribution in [2.75, 3.05) is 13.1 Å². The molecule has 2 heterocycles. The van der Waals surface area contributed by atoms with E-state index in [2.05, 4.69) is 15.0 Å². The summed E-state index contributed by atoms with van der Waals surface area (Å²) in [6.45, 7) is 7.12. The number of hydrogen-bond acceptors (Lipinski definition) is 4. The van der Waals surface area contributed by atoms with Gasteiger partial charge in [0.1, 0.15) is 10.7 Å². The van der Waals surface area contributed by atoms with Crippen molar-refractivity contribution >= 4 is 26.8 Å². The number of likely N-dealkylation sites (tertiary alicyclic amines) is 1. The Hall–Kier alpha value is -2.35. The highest BCUT2D eigenvalue weighted by Gasteiger charge is 2.34. The molecular weight excluding hydrogens is 376 g/mol. The van der Waals surface area contributed by atoms with Crippen LogP contribution >= 0.6 is 0 Å². The van der Waals surface area contributed by atoms with E-state index in [4.69, 9.17) is 0 Å². The van der Waals surface area contributed by atoms with Gasteiger partial charge in [0.15, 0.2) is 0 Å².